The van der Waals surface area contributed by atoms with E-state index in [1.807, 2.05) is 19.9 Å². The Kier molecular flexibility index (Phi) is 14.9. The summed E-state index contributed by atoms with van der Waals surface area (Å²) in [6.45, 7) is 11.8. The second-order valence-corrected chi connectivity index (χ2v) is 11.8. The van der Waals surface area contributed by atoms with Gasteiger partial charge in [0.1, 0.15) is 6.29 Å². The Balaban J connectivity index is 0.000000305. The van der Waals surface area contributed by atoms with Crippen molar-refractivity contribution < 1.29 is 18.8 Å². The molecule has 6 heteroatoms. The number of fused-ring (bicyclic) bond motifs is 1. The molecule has 3 aliphatic rings. The van der Waals surface area contributed by atoms with Gasteiger partial charge in [0.05, 0.1) is 34.2 Å². The molecule has 2 atom stereocenters. The third-order valence-electron chi connectivity index (χ3n) is 7.61. The molecule has 1 aliphatic carbocycles. The maximum absolute atomic E-state index is 11.1. The van der Waals surface area contributed by atoms with Gasteiger partial charge in [0.2, 0.25) is 6.79 Å². The molecule has 4 rings (SSSR count). The van der Waals surface area contributed by atoms with Gasteiger partial charge in [-0.05, 0) is 69.3 Å². The minimum atomic E-state index is 0.312. The normalized spacial score (nSPS) is 19.8. The number of hydrogen-bond acceptors (Lipinski definition) is 5. The van der Waals surface area contributed by atoms with Crippen molar-refractivity contribution in [3.63, 3.8) is 0 Å². The van der Waals surface area contributed by atoms with Crippen LogP contribution in [0, 0.1) is 0 Å². The van der Waals surface area contributed by atoms with Gasteiger partial charge in [0.15, 0.2) is 11.5 Å². The van der Waals surface area contributed by atoms with E-state index in [9.17, 15) is 4.79 Å². The number of benzene rings is 1. The van der Waals surface area contributed by atoms with Crippen molar-refractivity contribution in [2.24, 2.45) is 0 Å². The molecule has 2 heterocycles. The quantitative estimate of drug-likeness (QED) is 0.217. The zero-order valence-electron chi connectivity index (χ0n) is 26.0. The number of carbonyl (C=O) groups is 1. The van der Waals surface area contributed by atoms with Crippen LogP contribution in [0.2, 0.25) is 0 Å². The number of nitrogens with zero attached hydrogens (tertiary/aromatic N) is 3. The topological polar surface area (TPSA) is 42.0 Å². The van der Waals surface area contributed by atoms with E-state index in [-0.39, 0.29) is 0 Å². The summed E-state index contributed by atoms with van der Waals surface area (Å²) in [5, 5.41) is 0. The Morgan fingerprint density at radius 3 is 2.51 bits per heavy atom. The molecule has 2 unspecified atom stereocenters. The lowest BCUT2D eigenvalue weighted by Gasteiger charge is -2.25. The summed E-state index contributed by atoms with van der Waals surface area (Å²) < 4.78 is 12.0. The molecule has 6 nitrogen and oxygen atoms in total. The summed E-state index contributed by atoms with van der Waals surface area (Å²) in [5.41, 5.74) is 2.80. The van der Waals surface area contributed by atoms with E-state index < -0.39 is 0 Å². The standard InChI is InChI=1S/C20H23NO3.C11H27N2.C2H6/c22-10-9-21-13-17(11-18(21)7-5-15-3-1-2-4-15)16-6-8-19-20(12-16)24-14-23-19;1-6-7-9-12(2)10-8-11-13(3,4)5;1-2/h1-3,6,8,10,12,17-18H,4-5,7,9,11,13-14H2;6-11H2,1-5H3;1-2H3/q;+1;. The summed E-state index contributed by atoms with van der Waals surface area (Å²) in [7, 11) is 9.00. The molecular weight excluding hydrogens is 486 g/mol. The summed E-state index contributed by atoms with van der Waals surface area (Å²) in [5.74, 6) is 2.14. The largest absolute Gasteiger partial charge is 0.454 e. The second-order valence-electron chi connectivity index (χ2n) is 11.8. The Bertz CT molecular complexity index is 906. The number of rotatable bonds is 13. The van der Waals surface area contributed by atoms with Crippen molar-refractivity contribution in [2.45, 2.75) is 77.7 Å². The van der Waals surface area contributed by atoms with Crippen LogP contribution in [0.25, 0.3) is 0 Å². The van der Waals surface area contributed by atoms with Gasteiger partial charge >= 0.3 is 0 Å². The summed E-state index contributed by atoms with van der Waals surface area (Å²) in [6.07, 6.45) is 16.0. The van der Waals surface area contributed by atoms with Crippen molar-refractivity contribution in [3.8, 4) is 11.5 Å². The van der Waals surface area contributed by atoms with E-state index in [2.05, 4.69) is 75.3 Å². The maximum atomic E-state index is 11.1. The maximum Gasteiger partial charge on any atom is 0.231 e. The third kappa shape index (κ3) is 11.9. The van der Waals surface area contributed by atoms with Crippen LogP contribution in [0.15, 0.2) is 42.0 Å². The van der Waals surface area contributed by atoms with Crippen LogP contribution >= 0.6 is 0 Å². The minimum Gasteiger partial charge on any atom is -0.454 e. The number of unbranched alkanes of at least 4 members (excludes halogenated alkanes) is 1. The Labute approximate surface area is 239 Å². The average Bonchev–Trinajstić information content (AvgIpc) is 3.68. The van der Waals surface area contributed by atoms with E-state index in [1.165, 1.54) is 50.0 Å². The fraction of sp³-hybridized carbons (Fsp3) is 0.667. The number of likely N-dealkylation sites (tertiary alicyclic amines) is 1. The average molecular weight is 543 g/mol. The molecule has 1 aromatic carbocycles. The van der Waals surface area contributed by atoms with Gasteiger partial charge < -0.3 is 23.7 Å². The van der Waals surface area contributed by atoms with E-state index in [0.29, 0.717) is 25.3 Å². The van der Waals surface area contributed by atoms with Gasteiger partial charge in [0.25, 0.3) is 0 Å². The zero-order valence-corrected chi connectivity index (χ0v) is 26.0. The molecule has 1 saturated heterocycles. The van der Waals surface area contributed by atoms with Crippen LogP contribution in [0.3, 0.4) is 0 Å². The van der Waals surface area contributed by atoms with Crippen LogP contribution in [-0.4, -0.2) is 94.3 Å². The predicted molar refractivity (Wildman–Crippen MR) is 164 cm³/mol. The molecule has 0 amide bonds. The van der Waals surface area contributed by atoms with Gasteiger partial charge in [-0.3, -0.25) is 4.90 Å². The number of quaternary nitrogens is 1. The number of aldehydes is 1. The van der Waals surface area contributed by atoms with Gasteiger partial charge in [-0.15, -0.1) is 0 Å². The highest BCUT2D eigenvalue weighted by atomic mass is 16.7. The van der Waals surface area contributed by atoms with Crippen LogP contribution < -0.4 is 9.47 Å². The first-order chi connectivity index (χ1) is 18.8. The van der Waals surface area contributed by atoms with Crippen molar-refractivity contribution in [2.75, 3.05) is 67.7 Å². The molecule has 0 aromatic heterocycles. The van der Waals surface area contributed by atoms with Gasteiger partial charge in [-0.2, -0.15) is 0 Å². The molecule has 39 heavy (non-hydrogen) atoms. The first-order valence-electron chi connectivity index (χ1n) is 15.2. The Morgan fingerprint density at radius 2 is 1.85 bits per heavy atom. The van der Waals surface area contributed by atoms with E-state index in [0.717, 1.165) is 54.5 Å². The predicted octanol–water partition coefficient (Wildman–Crippen LogP) is 6.28. The lowest BCUT2D eigenvalue weighted by atomic mass is 9.94. The number of allylic oxidation sites excluding steroid dienone is 4. The van der Waals surface area contributed by atoms with E-state index in [4.69, 9.17) is 9.47 Å². The minimum absolute atomic E-state index is 0.312. The first kappa shape index (κ1) is 33.1. The van der Waals surface area contributed by atoms with Crippen molar-refractivity contribution in [1.29, 1.82) is 0 Å². The molecular formula is C33H56N3O3+. The Morgan fingerprint density at radius 1 is 1.10 bits per heavy atom. The van der Waals surface area contributed by atoms with E-state index >= 15 is 0 Å². The molecule has 0 spiro atoms. The van der Waals surface area contributed by atoms with Crippen LogP contribution in [0.1, 0.15) is 77.2 Å². The molecule has 1 aromatic rings. The van der Waals surface area contributed by atoms with Crippen LogP contribution in [-0.2, 0) is 4.79 Å². The van der Waals surface area contributed by atoms with E-state index in [1.54, 1.807) is 0 Å². The highest BCUT2D eigenvalue weighted by Crippen LogP contribution is 2.39. The van der Waals surface area contributed by atoms with Gasteiger partial charge in [-0.1, -0.05) is 57.1 Å². The summed E-state index contributed by atoms with van der Waals surface area (Å²) in [6, 6.07) is 6.73. The third-order valence-corrected chi connectivity index (χ3v) is 7.61. The summed E-state index contributed by atoms with van der Waals surface area (Å²) >= 11 is 0. The fourth-order valence-electron chi connectivity index (χ4n) is 5.40. The lowest BCUT2D eigenvalue weighted by Crippen LogP contribution is -2.37. The number of carbonyl (C=O) groups excluding carboxylic acids is 1. The SMILES string of the molecule is CC.CCCCN(C)CCC[N+](C)(C)C.O=CCN1CC(c2ccc3c(c2)OCO3)CC1CCC1=CC=CC1. The van der Waals surface area contributed by atoms with Gasteiger partial charge in [0, 0.05) is 25.6 Å². The molecule has 2 aliphatic heterocycles. The second kappa shape index (κ2) is 17.5. The number of hydrogen-bond donors (Lipinski definition) is 0. The highest BCUT2D eigenvalue weighted by Gasteiger charge is 2.33. The first-order valence-corrected chi connectivity index (χ1v) is 15.2. The number of ether oxygens (including phenoxy) is 2. The Hall–Kier alpha value is -2.15. The van der Waals surface area contributed by atoms with Crippen molar-refractivity contribution in [1.82, 2.24) is 9.80 Å². The lowest BCUT2D eigenvalue weighted by molar-refractivity contribution is -0.870. The fourth-order valence-corrected chi connectivity index (χ4v) is 5.40. The summed E-state index contributed by atoms with van der Waals surface area (Å²) in [4.78, 5) is 15.8. The molecule has 0 bridgehead atoms. The van der Waals surface area contributed by atoms with Crippen LogP contribution in [0.5, 0.6) is 11.5 Å². The molecule has 0 radical (unpaired) electrons. The van der Waals surface area contributed by atoms with Crippen molar-refractivity contribution >= 4 is 6.29 Å². The highest BCUT2D eigenvalue weighted by molar-refractivity contribution is 5.52. The molecule has 0 saturated carbocycles. The van der Waals surface area contributed by atoms with Crippen molar-refractivity contribution in [3.05, 3.63) is 47.6 Å². The zero-order chi connectivity index (χ0) is 28.7. The smallest absolute Gasteiger partial charge is 0.231 e. The molecule has 1 fully saturated rings. The van der Waals surface area contributed by atoms with Gasteiger partial charge in [-0.25, -0.2) is 0 Å². The monoisotopic (exact) mass is 542 g/mol. The van der Waals surface area contributed by atoms with Crippen LogP contribution in [0.4, 0.5) is 0 Å². The molecule has 220 valence electrons. The molecule has 0 N–H and O–H groups in total.